The molecule has 0 aliphatic carbocycles. The first-order valence-corrected chi connectivity index (χ1v) is 8.01. The number of nitrogens with one attached hydrogen (secondary N) is 1. The molecule has 2 aromatic rings. The molecule has 112 valence electrons. The summed E-state index contributed by atoms with van der Waals surface area (Å²) < 4.78 is 2.11. The SMILES string of the molecule is CCCCNc1nccn1-c1ccc(N2CCCC2)cc1. The van der Waals surface area contributed by atoms with Gasteiger partial charge < -0.3 is 10.2 Å². The van der Waals surface area contributed by atoms with Crippen molar-refractivity contribution >= 4 is 11.6 Å². The Morgan fingerprint density at radius 3 is 2.52 bits per heavy atom. The third-order valence-corrected chi connectivity index (χ3v) is 4.05. The summed E-state index contributed by atoms with van der Waals surface area (Å²) in [5.74, 6) is 0.928. The first-order chi connectivity index (χ1) is 10.4. The lowest BCUT2D eigenvalue weighted by molar-refractivity contribution is 0.823. The van der Waals surface area contributed by atoms with E-state index in [1.54, 1.807) is 0 Å². The number of benzene rings is 1. The van der Waals surface area contributed by atoms with Crippen LogP contribution < -0.4 is 10.2 Å². The molecule has 0 bridgehead atoms. The van der Waals surface area contributed by atoms with Crippen LogP contribution in [0.25, 0.3) is 5.69 Å². The van der Waals surface area contributed by atoms with Gasteiger partial charge in [-0.3, -0.25) is 4.57 Å². The average Bonchev–Trinajstić information content (AvgIpc) is 3.19. The van der Waals surface area contributed by atoms with Gasteiger partial charge in [0.25, 0.3) is 0 Å². The summed E-state index contributed by atoms with van der Waals surface area (Å²) in [6, 6.07) is 8.80. The smallest absolute Gasteiger partial charge is 0.207 e. The Labute approximate surface area is 126 Å². The highest BCUT2D eigenvalue weighted by atomic mass is 15.2. The number of anilines is 2. The van der Waals surface area contributed by atoms with Crippen LogP contribution in [0.15, 0.2) is 36.7 Å². The fourth-order valence-corrected chi connectivity index (χ4v) is 2.82. The summed E-state index contributed by atoms with van der Waals surface area (Å²) in [7, 11) is 0. The Morgan fingerprint density at radius 2 is 1.81 bits per heavy atom. The molecule has 0 unspecified atom stereocenters. The van der Waals surface area contributed by atoms with Crippen LogP contribution in [-0.4, -0.2) is 29.2 Å². The molecule has 1 aromatic carbocycles. The van der Waals surface area contributed by atoms with Crippen molar-refractivity contribution in [1.82, 2.24) is 9.55 Å². The van der Waals surface area contributed by atoms with Gasteiger partial charge in [-0.25, -0.2) is 4.98 Å². The largest absolute Gasteiger partial charge is 0.372 e. The van der Waals surface area contributed by atoms with Crippen LogP contribution in [0.5, 0.6) is 0 Å². The Morgan fingerprint density at radius 1 is 1.10 bits per heavy atom. The van der Waals surface area contributed by atoms with E-state index in [9.17, 15) is 0 Å². The van der Waals surface area contributed by atoms with Gasteiger partial charge in [0.1, 0.15) is 0 Å². The maximum atomic E-state index is 4.41. The van der Waals surface area contributed by atoms with Crippen LogP contribution in [0.4, 0.5) is 11.6 Å². The maximum Gasteiger partial charge on any atom is 0.207 e. The van der Waals surface area contributed by atoms with Crippen molar-refractivity contribution in [3.05, 3.63) is 36.7 Å². The van der Waals surface area contributed by atoms with Crippen molar-refractivity contribution in [2.45, 2.75) is 32.6 Å². The summed E-state index contributed by atoms with van der Waals surface area (Å²) in [6.45, 7) is 5.55. The molecule has 1 aliphatic heterocycles. The fraction of sp³-hybridized carbons (Fsp3) is 0.471. The van der Waals surface area contributed by atoms with Crippen molar-refractivity contribution in [2.75, 3.05) is 29.9 Å². The van der Waals surface area contributed by atoms with Crippen molar-refractivity contribution in [1.29, 1.82) is 0 Å². The number of aromatic nitrogens is 2. The quantitative estimate of drug-likeness (QED) is 0.821. The van der Waals surface area contributed by atoms with Gasteiger partial charge in [0, 0.05) is 43.4 Å². The standard InChI is InChI=1S/C17H24N4/c1-2-3-10-18-17-19-11-14-21(17)16-8-6-15(7-9-16)20-12-4-5-13-20/h6-9,11,14H,2-5,10,12-13H2,1H3,(H,18,19). The number of nitrogens with zero attached hydrogens (tertiary/aromatic N) is 3. The van der Waals surface area contributed by atoms with Crippen LogP contribution >= 0.6 is 0 Å². The third kappa shape index (κ3) is 3.20. The monoisotopic (exact) mass is 284 g/mol. The molecular weight excluding hydrogens is 260 g/mol. The maximum absolute atomic E-state index is 4.41. The predicted molar refractivity (Wildman–Crippen MR) is 88.4 cm³/mol. The fourth-order valence-electron chi connectivity index (χ4n) is 2.82. The summed E-state index contributed by atoms with van der Waals surface area (Å²) in [4.78, 5) is 6.86. The summed E-state index contributed by atoms with van der Waals surface area (Å²) in [5.41, 5.74) is 2.49. The van der Waals surface area contributed by atoms with Gasteiger partial charge in [0.05, 0.1) is 0 Å². The average molecular weight is 284 g/mol. The van der Waals surface area contributed by atoms with Crippen molar-refractivity contribution in [3.8, 4) is 5.69 Å². The second kappa shape index (κ2) is 6.66. The Kier molecular flexibility index (Phi) is 4.43. The van der Waals surface area contributed by atoms with E-state index in [-0.39, 0.29) is 0 Å². The molecule has 4 nitrogen and oxygen atoms in total. The minimum Gasteiger partial charge on any atom is -0.372 e. The summed E-state index contributed by atoms with van der Waals surface area (Å²) >= 11 is 0. The normalized spacial score (nSPS) is 14.6. The number of rotatable bonds is 6. The number of hydrogen-bond acceptors (Lipinski definition) is 3. The van der Waals surface area contributed by atoms with Gasteiger partial charge in [-0.2, -0.15) is 0 Å². The van der Waals surface area contributed by atoms with Crippen molar-refractivity contribution < 1.29 is 0 Å². The van der Waals surface area contributed by atoms with E-state index in [2.05, 4.69) is 51.0 Å². The van der Waals surface area contributed by atoms with Gasteiger partial charge in [0.2, 0.25) is 5.95 Å². The topological polar surface area (TPSA) is 33.1 Å². The molecule has 3 rings (SSSR count). The molecule has 1 fully saturated rings. The van der Waals surface area contributed by atoms with E-state index in [0.717, 1.165) is 18.2 Å². The molecule has 4 heteroatoms. The van der Waals surface area contributed by atoms with Crippen LogP contribution in [0.2, 0.25) is 0 Å². The lowest BCUT2D eigenvalue weighted by Gasteiger charge is -2.18. The van der Waals surface area contributed by atoms with Crippen molar-refractivity contribution in [3.63, 3.8) is 0 Å². The van der Waals surface area contributed by atoms with E-state index in [1.807, 2.05) is 12.4 Å². The second-order valence-corrected chi connectivity index (χ2v) is 5.61. The molecule has 1 saturated heterocycles. The van der Waals surface area contributed by atoms with E-state index in [4.69, 9.17) is 0 Å². The molecule has 0 saturated carbocycles. The third-order valence-electron chi connectivity index (χ3n) is 4.05. The number of hydrogen-bond donors (Lipinski definition) is 1. The Balaban J connectivity index is 1.73. The highest BCUT2D eigenvalue weighted by Gasteiger charge is 2.12. The summed E-state index contributed by atoms with van der Waals surface area (Å²) in [5, 5.41) is 3.40. The van der Waals surface area contributed by atoms with Gasteiger partial charge in [-0.15, -0.1) is 0 Å². The molecule has 0 atom stereocenters. The van der Waals surface area contributed by atoms with E-state index >= 15 is 0 Å². The molecule has 0 spiro atoms. The molecular formula is C17H24N4. The van der Waals surface area contributed by atoms with Crippen LogP contribution in [0.1, 0.15) is 32.6 Å². The minimum absolute atomic E-state index is 0.928. The summed E-state index contributed by atoms with van der Waals surface area (Å²) in [6.07, 6.45) is 8.85. The highest BCUT2D eigenvalue weighted by Crippen LogP contribution is 2.23. The van der Waals surface area contributed by atoms with E-state index in [1.165, 1.54) is 44.5 Å². The number of unbranched alkanes of at least 4 members (excludes halogenated alkanes) is 1. The lowest BCUT2D eigenvalue weighted by atomic mass is 10.2. The van der Waals surface area contributed by atoms with Gasteiger partial charge in [-0.1, -0.05) is 13.3 Å². The zero-order chi connectivity index (χ0) is 14.5. The number of imidazole rings is 1. The molecule has 1 N–H and O–H groups in total. The molecule has 0 radical (unpaired) electrons. The molecule has 2 heterocycles. The molecule has 0 amide bonds. The van der Waals surface area contributed by atoms with Gasteiger partial charge in [0.15, 0.2) is 0 Å². The van der Waals surface area contributed by atoms with Crippen LogP contribution in [0, 0.1) is 0 Å². The van der Waals surface area contributed by atoms with Gasteiger partial charge >= 0.3 is 0 Å². The molecule has 21 heavy (non-hydrogen) atoms. The lowest BCUT2D eigenvalue weighted by Crippen LogP contribution is -2.17. The Bertz CT molecular complexity index is 552. The first kappa shape index (κ1) is 14.0. The highest BCUT2D eigenvalue weighted by molar-refractivity contribution is 5.53. The van der Waals surface area contributed by atoms with E-state index < -0.39 is 0 Å². The Hall–Kier alpha value is -1.97. The first-order valence-electron chi connectivity index (χ1n) is 8.01. The van der Waals surface area contributed by atoms with Crippen LogP contribution in [0.3, 0.4) is 0 Å². The van der Waals surface area contributed by atoms with Gasteiger partial charge in [-0.05, 0) is 43.5 Å². The zero-order valence-electron chi connectivity index (χ0n) is 12.8. The second-order valence-electron chi connectivity index (χ2n) is 5.61. The van der Waals surface area contributed by atoms with Crippen LogP contribution in [-0.2, 0) is 0 Å². The molecule has 1 aromatic heterocycles. The molecule has 1 aliphatic rings. The van der Waals surface area contributed by atoms with E-state index in [0.29, 0.717) is 0 Å². The minimum atomic E-state index is 0.928. The van der Waals surface area contributed by atoms with Crippen molar-refractivity contribution in [2.24, 2.45) is 0 Å². The predicted octanol–water partition coefficient (Wildman–Crippen LogP) is 3.68. The zero-order valence-corrected chi connectivity index (χ0v) is 12.8.